The van der Waals surface area contributed by atoms with Gasteiger partial charge in [0.1, 0.15) is 5.69 Å². The van der Waals surface area contributed by atoms with Crippen LogP contribution in [0, 0.1) is 0 Å². The summed E-state index contributed by atoms with van der Waals surface area (Å²) >= 11 is 6.61. The minimum atomic E-state index is -0.572. The number of halogens is 1. The van der Waals surface area contributed by atoms with Crippen molar-refractivity contribution in [2.45, 2.75) is 69.5 Å². The summed E-state index contributed by atoms with van der Waals surface area (Å²) in [5.41, 5.74) is 14.9. The molecular weight excluding hydrogens is 750 g/mol. The second-order valence-electron chi connectivity index (χ2n) is 16.2. The lowest BCUT2D eigenvalue weighted by Gasteiger charge is -2.44. The number of hydrogen-bond donors (Lipinski definition) is 3. The number of imidazole rings is 1. The summed E-state index contributed by atoms with van der Waals surface area (Å²) in [6.45, 7) is 6.81. The van der Waals surface area contributed by atoms with E-state index >= 15 is 0 Å². The molecule has 302 valence electrons. The first-order chi connectivity index (χ1) is 28.2. The number of nitrogens with one attached hydrogen (secondary N) is 2. The number of piperidine rings is 3. The average Bonchev–Trinajstić information content (AvgIpc) is 3.90. The van der Waals surface area contributed by atoms with Gasteiger partial charge in [0.2, 0.25) is 5.91 Å². The summed E-state index contributed by atoms with van der Waals surface area (Å²) in [5, 5.41) is 11.7. The third kappa shape index (κ3) is 7.35. The maximum Gasteiger partial charge on any atom is 0.269 e. The highest BCUT2D eigenvalue weighted by atomic mass is 35.5. The van der Waals surface area contributed by atoms with Gasteiger partial charge in [-0.25, -0.2) is 9.50 Å². The fourth-order valence-corrected chi connectivity index (χ4v) is 9.91. The first-order valence-corrected chi connectivity index (χ1v) is 21.1. The molecule has 4 N–H and O–H groups in total. The molecule has 4 aliphatic heterocycles. The minimum Gasteiger partial charge on any atom is -0.385 e. The zero-order valence-corrected chi connectivity index (χ0v) is 34.1. The summed E-state index contributed by atoms with van der Waals surface area (Å²) in [5.74, 6) is 0.0741. The van der Waals surface area contributed by atoms with Crippen LogP contribution >= 0.6 is 11.6 Å². The van der Waals surface area contributed by atoms with Crippen LogP contribution in [-0.4, -0.2) is 107 Å². The summed E-state index contributed by atoms with van der Waals surface area (Å²) < 4.78 is 1.52. The predicted molar refractivity (Wildman–Crippen MR) is 229 cm³/mol. The Morgan fingerprint density at radius 2 is 1.81 bits per heavy atom. The number of rotatable bonds is 10. The summed E-state index contributed by atoms with van der Waals surface area (Å²) in [6.07, 6.45) is 10.8. The Kier molecular flexibility index (Phi) is 10.7. The fraction of sp³-hybridized carbons (Fsp3) is 0.432. The van der Waals surface area contributed by atoms with E-state index in [-0.39, 0.29) is 17.5 Å². The number of likely N-dealkylation sites (tertiary alicyclic amines) is 2. The third-order valence-corrected chi connectivity index (χ3v) is 13.3. The highest BCUT2D eigenvalue weighted by Gasteiger charge is 2.32. The molecule has 13 nitrogen and oxygen atoms in total. The molecule has 1 atom stereocenters. The number of benzene rings is 2. The molecule has 0 radical (unpaired) electrons. The molecule has 5 aromatic rings. The van der Waals surface area contributed by atoms with Crippen molar-refractivity contribution in [3.05, 3.63) is 94.4 Å². The number of nitrogens with two attached hydrogens (primary N) is 1. The van der Waals surface area contributed by atoms with E-state index in [9.17, 15) is 9.59 Å². The molecule has 2 amide bonds. The second-order valence-corrected chi connectivity index (χ2v) is 16.7. The molecule has 3 saturated heterocycles. The molecule has 0 spiro atoms. The van der Waals surface area contributed by atoms with Gasteiger partial charge in [0.15, 0.2) is 11.5 Å². The van der Waals surface area contributed by atoms with Crippen molar-refractivity contribution in [1.29, 1.82) is 0 Å². The van der Waals surface area contributed by atoms with Crippen LogP contribution < -0.4 is 26.2 Å². The quantitative estimate of drug-likeness (QED) is 0.158. The topological polar surface area (TPSA) is 140 Å². The van der Waals surface area contributed by atoms with E-state index in [1.165, 1.54) is 34.7 Å². The van der Waals surface area contributed by atoms with E-state index in [1.807, 2.05) is 25.4 Å². The van der Waals surface area contributed by atoms with Crippen LogP contribution in [-0.2, 0) is 17.8 Å². The van der Waals surface area contributed by atoms with Gasteiger partial charge >= 0.3 is 0 Å². The normalized spacial score (nSPS) is 19.7. The van der Waals surface area contributed by atoms with E-state index in [1.54, 1.807) is 0 Å². The second kappa shape index (κ2) is 16.2. The zero-order chi connectivity index (χ0) is 39.9. The van der Waals surface area contributed by atoms with Crippen molar-refractivity contribution < 1.29 is 9.59 Å². The number of pyridine rings is 1. The average molecular weight is 802 g/mol. The van der Waals surface area contributed by atoms with Crippen LogP contribution in [0.2, 0.25) is 5.02 Å². The standard InChI is InChI=1S/C44H52ClN11O2/c1-47-38-24-41(51-56-40(42(46)57)26-50-43(38)56)55-22-16-33-32(5-3-7-39(33)55)37-11-8-28(25-49-37)27-53-18-12-30(13-19-53)54-20-14-29(15-21-54)52(2)31-9-10-36(45)35(23-31)34-6-4-17-48-44(34)58/h3,5,7-11,23-26,29-30,34,47H,4,6,12-22,27H2,1-2H3,(H2,46,57)(H,48,58). The van der Waals surface area contributed by atoms with Crippen LogP contribution in [0.5, 0.6) is 0 Å². The molecule has 1 unspecified atom stereocenters. The highest BCUT2D eigenvalue weighted by Crippen LogP contribution is 2.40. The van der Waals surface area contributed by atoms with Crippen LogP contribution in [0.3, 0.4) is 0 Å². The van der Waals surface area contributed by atoms with Crippen LogP contribution in [0.25, 0.3) is 16.9 Å². The lowest BCUT2D eigenvalue weighted by atomic mass is 9.90. The van der Waals surface area contributed by atoms with Gasteiger partial charge in [0.05, 0.1) is 23.5 Å². The van der Waals surface area contributed by atoms with E-state index in [2.05, 4.69) is 84.7 Å². The lowest BCUT2D eigenvalue weighted by Crippen LogP contribution is -2.50. The van der Waals surface area contributed by atoms with Crippen molar-refractivity contribution in [3.8, 4) is 11.3 Å². The molecule has 3 aromatic heterocycles. The number of aromatic nitrogens is 4. The lowest BCUT2D eigenvalue weighted by molar-refractivity contribution is -0.123. The largest absolute Gasteiger partial charge is 0.385 e. The monoisotopic (exact) mass is 801 g/mol. The SMILES string of the molecule is CNc1cc(N2CCc3c(-c4ccc(CN5CCC(N6CCC(N(C)c7ccc(Cl)c(C8CCCNC8=O)c7)CC6)CC5)cn4)cccc32)nn2c(C(N)=O)cnc12. The summed E-state index contributed by atoms with van der Waals surface area (Å²) in [6, 6.07) is 20.0. The smallest absolute Gasteiger partial charge is 0.269 e. The number of amides is 2. The van der Waals surface area contributed by atoms with E-state index in [0.717, 1.165) is 112 Å². The summed E-state index contributed by atoms with van der Waals surface area (Å²) in [7, 11) is 4.02. The first-order valence-electron chi connectivity index (χ1n) is 20.7. The van der Waals surface area contributed by atoms with Gasteiger partial charge in [0.25, 0.3) is 5.91 Å². The molecule has 9 rings (SSSR count). The van der Waals surface area contributed by atoms with Gasteiger partial charge in [-0.05, 0) is 105 Å². The maximum absolute atomic E-state index is 12.6. The molecule has 7 heterocycles. The van der Waals surface area contributed by atoms with Gasteiger partial charge in [0, 0.05) is 93.1 Å². The van der Waals surface area contributed by atoms with Crippen molar-refractivity contribution in [3.63, 3.8) is 0 Å². The number of fused-ring (bicyclic) bond motifs is 2. The number of carbonyl (C=O) groups excluding carboxylic acids is 2. The highest BCUT2D eigenvalue weighted by molar-refractivity contribution is 6.31. The predicted octanol–water partition coefficient (Wildman–Crippen LogP) is 5.84. The molecule has 0 aliphatic carbocycles. The Hall–Kier alpha value is -5.24. The molecule has 0 bridgehead atoms. The fourth-order valence-electron chi connectivity index (χ4n) is 9.67. The zero-order valence-electron chi connectivity index (χ0n) is 33.3. The van der Waals surface area contributed by atoms with Gasteiger partial charge < -0.3 is 31.1 Å². The van der Waals surface area contributed by atoms with Crippen LogP contribution in [0.1, 0.15) is 71.6 Å². The van der Waals surface area contributed by atoms with Crippen molar-refractivity contribution >= 4 is 51.9 Å². The first kappa shape index (κ1) is 38.3. The van der Waals surface area contributed by atoms with Gasteiger partial charge in [-0.15, -0.1) is 5.10 Å². The molecule has 2 aromatic carbocycles. The van der Waals surface area contributed by atoms with Crippen LogP contribution in [0.4, 0.5) is 22.9 Å². The molecular formula is C44H52ClN11O2. The van der Waals surface area contributed by atoms with Gasteiger partial charge in [-0.1, -0.05) is 29.8 Å². The van der Waals surface area contributed by atoms with Crippen molar-refractivity contribution in [1.82, 2.24) is 34.7 Å². The maximum atomic E-state index is 12.6. The molecule has 58 heavy (non-hydrogen) atoms. The Morgan fingerprint density at radius 1 is 0.983 bits per heavy atom. The number of carbonyl (C=O) groups is 2. The van der Waals surface area contributed by atoms with Gasteiger partial charge in [-0.2, -0.15) is 0 Å². The molecule has 4 aliphatic rings. The van der Waals surface area contributed by atoms with E-state index in [0.29, 0.717) is 28.6 Å². The Morgan fingerprint density at radius 3 is 2.55 bits per heavy atom. The Bertz CT molecular complexity index is 2310. The van der Waals surface area contributed by atoms with E-state index in [4.69, 9.17) is 27.4 Å². The number of nitrogens with zero attached hydrogens (tertiary/aromatic N) is 8. The Labute approximate surface area is 344 Å². The van der Waals surface area contributed by atoms with Crippen LogP contribution in [0.15, 0.2) is 67.0 Å². The minimum absolute atomic E-state index is 0.0919. The van der Waals surface area contributed by atoms with Crippen molar-refractivity contribution in [2.24, 2.45) is 5.73 Å². The number of primary amides is 1. The van der Waals surface area contributed by atoms with E-state index < -0.39 is 5.91 Å². The number of hydrogen-bond acceptors (Lipinski definition) is 10. The summed E-state index contributed by atoms with van der Waals surface area (Å²) in [4.78, 5) is 43.9. The van der Waals surface area contributed by atoms with Gasteiger partial charge in [-0.3, -0.25) is 19.5 Å². The Balaban J connectivity index is 0.789. The van der Waals surface area contributed by atoms with Crippen molar-refractivity contribution in [2.75, 3.05) is 68.5 Å². The number of anilines is 4. The molecule has 14 heteroatoms. The molecule has 0 saturated carbocycles. The third-order valence-electron chi connectivity index (χ3n) is 13.0. The molecule has 3 fully saturated rings.